The van der Waals surface area contributed by atoms with Gasteiger partial charge < -0.3 is 29.1 Å². The summed E-state index contributed by atoms with van der Waals surface area (Å²) in [6, 6.07) is 6.10. The van der Waals surface area contributed by atoms with E-state index in [0.717, 1.165) is 58.4 Å². The summed E-state index contributed by atoms with van der Waals surface area (Å²) in [5.74, 6) is 2.20. The largest absolute Gasteiger partial charge is 0.493 e. The van der Waals surface area contributed by atoms with E-state index in [4.69, 9.17) is 14.2 Å². The average Bonchev–Trinajstić information content (AvgIpc) is 2.79. The molecule has 0 aliphatic carbocycles. The molecular formula is C24H41N3O4. The summed E-state index contributed by atoms with van der Waals surface area (Å²) in [6.45, 7) is 8.76. The second kappa shape index (κ2) is 12.6. The van der Waals surface area contributed by atoms with Crippen LogP contribution < -0.4 is 9.47 Å². The third-order valence-electron chi connectivity index (χ3n) is 6.44. The number of hydrogen-bond acceptors (Lipinski definition) is 7. The standard InChI is InChI=1S/C24H41N3O4/c1-25-10-12-27(13-11-25)18-22(28)19-31-24-16-21(4-5-23(24)29-3)17-26(2)9-6-20-7-14-30-15-8-20/h4-5,16,20,22,28H,6-15,17-19H2,1-3H3/t22-/m1/s1. The SMILES string of the molecule is COc1ccc(CN(C)CCC2CCOCC2)cc1OC[C@H](O)CN1CCN(C)CC1. The van der Waals surface area contributed by atoms with E-state index >= 15 is 0 Å². The lowest BCUT2D eigenvalue weighted by molar-refractivity contribution is 0.0497. The van der Waals surface area contributed by atoms with E-state index in [-0.39, 0.29) is 6.61 Å². The molecule has 3 rings (SSSR count). The summed E-state index contributed by atoms with van der Waals surface area (Å²) in [5, 5.41) is 10.5. The number of likely N-dealkylation sites (N-methyl/N-ethyl adjacent to an activating group) is 1. The molecule has 7 heteroatoms. The number of aliphatic hydroxyl groups excluding tert-OH is 1. The van der Waals surface area contributed by atoms with Crippen molar-refractivity contribution in [3.05, 3.63) is 23.8 Å². The monoisotopic (exact) mass is 435 g/mol. The lowest BCUT2D eigenvalue weighted by Crippen LogP contribution is -2.47. The highest BCUT2D eigenvalue weighted by Crippen LogP contribution is 2.29. The van der Waals surface area contributed by atoms with Gasteiger partial charge in [0.15, 0.2) is 11.5 Å². The van der Waals surface area contributed by atoms with Crippen molar-refractivity contribution in [2.75, 3.05) is 80.3 Å². The van der Waals surface area contributed by atoms with Crippen LogP contribution in [0.4, 0.5) is 0 Å². The zero-order valence-electron chi connectivity index (χ0n) is 19.6. The van der Waals surface area contributed by atoms with Crippen LogP contribution in [0.5, 0.6) is 11.5 Å². The third-order valence-corrected chi connectivity index (χ3v) is 6.44. The smallest absolute Gasteiger partial charge is 0.161 e. The lowest BCUT2D eigenvalue weighted by atomic mass is 9.96. The Kier molecular flexibility index (Phi) is 9.87. The molecule has 0 saturated carbocycles. The number of ether oxygens (including phenoxy) is 3. The van der Waals surface area contributed by atoms with Crippen molar-refractivity contribution in [2.45, 2.75) is 31.9 Å². The first-order valence-electron chi connectivity index (χ1n) is 11.7. The van der Waals surface area contributed by atoms with Crippen LogP contribution in [0, 0.1) is 5.92 Å². The van der Waals surface area contributed by atoms with Gasteiger partial charge in [0.25, 0.3) is 0 Å². The quantitative estimate of drug-likeness (QED) is 0.570. The lowest BCUT2D eigenvalue weighted by Gasteiger charge is -2.33. The van der Waals surface area contributed by atoms with Crippen LogP contribution in [0.1, 0.15) is 24.8 Å². The molecule has 2 heterocycles. The summed E-state index contributed by atoms with van der Waals surface area (Å²) in [6.07, 6.45) is 3.08. The van der Waals surface area contributed by atoms with Crippen molar-refractivity contribution in [1.29, 1.82) is 0 Å². The number of nitrogens with zero attached hydrogens (tertiary/aromatic N) is 3. The van der Waals surface area contributed by atoms with Gasteiger partial charge in [-0.1, -0.05) is 6.07 Å². The van der Waals surface area contributed by atoms with Crippen LogP contribution in [0.3, 0.4) is 0 Å². The fraction of sp³-hybridized carbons (Fsp3) is 0.750. The molecule has 1 atom stereocenters. The number of aliphatic hydroxyl groups is 1. The van der Waals surface area contributed by atoms with E-state index in [1.54, 1.807) is 7.11 Å². The second-order valence-electron chi connectivity index (χ2n) is 9.14. The van der Waals surface area contributed by atoms with E-state index in [9.17, 15) is 5.11 Å². The van der Waals surface area contributed by atoms with Crippen LogP contribution in [0.2, 0.25) is 0 Å². The van der Waals surface area contributed by atoms with Crippen molar-refractivity contribution in [2.24, 2.45) is 5.92 Å². The summed E-state index contributed by atoms with van der Waals surface area (Å²) in [5.41, 5.74) is 1.19. The highest BCUT2D eigenvalue weighted by molar-refractivity contribution is 5.43. The van der Waals surface area contributed by atoms with Gasteiger partial charge in [0.2, 0.25) is 0 Å². The Morgan fingerprint density at radius 3 is 2.61 bits per heavy atom. The molecule has 1 aromatic rings. The highest BCUT2D eigenvalue weighted by atomic mass is 16.5. The van der Waals surface area contributed by atoms with Crippen LogP contribution in [-0.4, -0.2) is 106 Å². The van der Waals surface area contributed by atoms with Crippen molar-refractivity contribution >= 4 is 0 Å². The Morgan fingerprint density at radius 1 is 1.16 bits per heavy atom. The fourth-order valence-electron chi connectivity index (χ4n) is 4.33. The Labute approximate surface area is 187 Å². The van der Waals surface area contributed by atoms with Gasteiger partial charge in [0, 0.05) is 52.5 Å². The van der Waals surface area contributed by atoms with Gasteiger partial charge in [0.05, 0.1) is 7.11 Å². The van der Waals surface area contributed by atoms with Crippen LogP contribution in [0.25, 0.3) is 0 Å². The minimum atomic E-state index is -0.515. The molecule has 7 nitrogen and oxygen atoms in total. The zero-order valence-corrected chi connectivity index (χ0v) is 19.6. The Morgan fingerprint density at radius 2 is 1.90 bits per heavy atom. The second-order valence-corrected chi connectivity index (χ2v) is 9.14. The number of piperazine rings is 1. The van der Waals surface area contributed by atoms with Crippen molar-refractivity contribution < 1.29 is 19.3 Å². The van der Waals surface area contributed by atoms with Crippen LogP contribution in [-0.2, 0) is 11.3 Å². The first-order valence-corrected chi connectivity index (χ1v) is 11.7. The van der Waals surface area contributed by atoms with Gasteiger partial charge in [-0.15, -0.1) is 0 Å². The average molecular weight is 436 g/mol. The first-order chi connectivity index (χ1) is 15.0. The van der Waals surface area contributed by atoms with Crippen molar-refractivity contribution in [3.8, 4) is 11.5 Å². The molecule has 2 aliphatic rings. The Balaban J connectivity index is 1.46. The van der Waals surface area contributed by atoms with Crippen molar-refractivity contribution in [3.63, 3.8) is 0 Å². The minimum absolute atomic E-state index is 0.270. The number of benzene rings is 1. The number of methoxy groups -OCH3 is 1. The molecular weight excluding hydrogens is 394 g/mol. The normalized spacial score (nSPS) is 20.2. The van der Waals surface area contributed by atoms with Gasteiger partial charge in [-0.3, -0.25) is 4.90 Å². The van der Waals surface area contributed by atoms with Crippen molar-refractivity contribution in [1.82, 2.24) is 14.7 Å². The summed E-state index contributed by atoms with van der Waals surface area (Å²) in [4.78, 5) is 6.98. The van der Waals surface area contributed by atoms with Gasteiger partial charge in [-0.25, -0.2) is 0 Å². The van der Waals surface area contributed by atoms with E-state index in [1.165, 1.54) is 24.8 Å². The molecule has 1 N–H and O–H groups in total. The maximum absolute atomic E-state index is 10.5. The number of rotatable bonds is 11. The van der Waals surface area contributed by atoms with E-state index in [1.807, 2.05) is 12.1 Å². The number of β-amino-alcohol motifs (C(OH)–C–C–N with tert-alkyl or cyclic N) is 1. The van der Waals surface area contributed by atoms with Gasteiger partial charge in [-0.2, -0.15) is 0 Å². The van der Waals surface area contributed by atoms with Gasteiger partial charge in [0.1, 0.15) is 12.7 Å². The van der Waals surface area contributed by atoms with E-state index in [0.29, 0.717) is 18.0 Å². The molecule has 2 aliphatic heterocycles. The van der Waals surface area contributed by atoms with E-state index < -0.39 is 6.10 Å². The number of hydrogen-bond donors (Lipinski definition) is 1. The molecule has 0 unspecified atom stereocenters. The maximum Gasteiger partial charge on any atom is 0.161 e. The summed E-state index contributed by atoms with van der Waals surface area (Å²) >= 11 is 0. The zero-order chi connectivity index (χ0) is 22.1. The molecule has 2 fully saturated rings. The summed E-state index contributed by atoms with van der Waals surface area (Å²) in [7, 11) is 5.96. The Hall–Kier alpha value is -1.38. The predicted molar refractivity (Wildman–Crippen MR) is 123 cm³/mol. The molecule has 1 aromatic carbocycles. The first kappa shape index (κ1) is 24.3. The third kappa shape index (κ3) is 8.24. The molecule has 176 valence electrons. The molecule has 0 amide bonds. The topological polar surface area (TPSA) is 57.6 Å². The molecule has 31 heavy (non-hydrogen) atoms. The molecule has 0 aromatic heterocycles. The summed E-state index contributed by atoms with van der Waals surface area (Å²) < 4.78 is 16.9. The minimum Gasteiger partial charge on any atom is -0.493 e. The molecule has 0 spiro atoms. The van der Waals surface area contributed by atoms with Gasteiger partial charge >= 0.3 is 0 Å². The molecule has 0 bridgehead atoms. The Bertz CT molecular complexity index is 646. The molecule has 0 radical (unpaired) electrons. The van der Waals surface area contributed by atoms with Gasteiger partial charge in [-0.05, 0) is 63.5 Å². The van der Waals surface area contributed by atoms with Crippen LogP contribution in [0.15, 0.2) is 18.2 Å². The fourth-order valence-corrected chi connectivity index (χ4v) is 4.33. The van der Waals surface area contributed by atoms with Crippen LogP contribution >= 0.6 is 0 Å². The van der Waals surface area contributed by atoms with E-state index in [2.05, 4.69) is 34.9 Å². The maximum atomic E-state index is 10.5. The highest BCUT2D eigenvalue weighted by Gasteiger charge is 2.18. The predicted octanol–water partition coefficient (Wildman–Crippen LogP) is 1.93. The molecule has 2 saturated heterocycles.